The molecule has 24 heavy (non-hydrogen) atoms. The van der Waals surface area contributed by atoms with Gasteiger partial charge in [-0.15, -0.1) is 0 Å². The summed E-state index contributed by atoms with van der Waals surface area (Å²) < 4.78 is 10.1. The molecule has 7 nitrogen and oxygen atoms in total. The summed E-state index contributed by atoms with van der Waals surface area (Å²) in [6.07, 6.45) is 1.35. The van der Waals surface area contributed by atoms with Crippen LogP contribution >= 0.6 is 0 Å². The number of benzene rings is 2. The highest BCUT2D eigenvalue weighted by atomic mass is 16.5. The Morgan fingerprint density at radius 1 is 1.17 bits per heavy atom. The molecular weight excluding hydrogens is 310 g/mol. The van der Waals surface area contributed by atoms with Crippen molar-refractivity contribution in [3.05, 3.63) is 48.0 Å². The Morgan fingerprint density at radius 3 is 2.58 bits per heavy atom. The van der Waals surface area contributed by atoms with Gasteiger partial charge in [-0.2, -0.15) is 5.10 Å². The summed E-state index contributed by atoms with van der Waals surface area (Å²) in [6.45, 7) is 0.0633. The van der Waals surface area contributed by atoms with Crippen molar-refractivity contribution in [3.63, 3.8) is 0 Å². The van der Waals surface area contributed by atoms with Crippen LogP contribution in [0.2, 0.25) is 0 Å². The van der Waals surface area contributed by atoms with Crippen LogP contribution in [0, 0.1) is 0 Å². The zero-order valence-corrected chi connectivity index (χ0v) is 13.4. The number of amides is 1. The lowest BCUT2D eigenvalue weighted by atomic mass is 10.2. The van der Waals surface area contributed by atoms with Gasteiger partial charge in [-0.25, -0.2) is 5.43 Å². The van der Waals surface area contributed by atoms with E-state index in [2.05, 4.69) is 15.8 Å². The molecule has 2 aromatic carbocycles. The lowest BCUT2D eigenvalue weighted by Crippen LogP contribution is -2.25. The van der Waals surface area contributed by atoms with Crippen molar-refractivity contribution in [3.8, 4) is 17.2 Å². The summed E-state index contributed by atoms with van der Waals surface area (Å²) in [7, 11) is 3.05. The predicted octanol–water partition coefficient (Wildman–Crippen LogP) is 1.97. The number of hydrazone groups is 1. The van der Waals surface area contributed by atoms with Crippen LogP contribution in [0.5, 0.6) is 17.2 Å². The number of phenolic OH excluding ortho intramolecular Hbond substituents is 1. The number of ether oxygens (including phenoxy) is 2. The summed E-state index contributed by atoms with van der Waals surface area (Å²) in [5.74, 6) is 0.734. The number of carbonyl (C=O) groups is 1. The molecule has 0 atom stereocenters. The molecule has 3 N–H and O–H groups in total. The van der Waals surface area contributed by atoms with Crippen LogP contribution in [-0.2, 0) is 4.79 Å². The minimum absolute atomic E-state index is 0.0330. The van der Waals surface area contributed by atoms with Crippen LogP contribution in [-0.4, -0.2) is 38.0 Å². The average molecular weight is 329 g/mol. The second-order valence-electron chi connectivity index (χ2n) is 4.77. The Balaban J connectivity index is 1.84. The van der Waals surface area contributed by atoms with Crippen LogP contribution in [0.25, 0.3) is 0 Å². The minimum atomic E-state index is -0.315. The van der Waals surface area contributed by atoms with Gasteiger partial charge in [0.05, 0.1) is 27.0 Å². The Morgan fingerprint density at radius 2 is 1.92 bits per heavy atom. The van der Waals surface area contributed by atoms with E-state index < -0.39 is 0 Å². The molecule has 0 aromatic heterocycles. The lowest BCUT2D eigenvalue weighted by Gasteiger charge is -2.07. The largest absolute Gasteiger partial charge is 0.504 e. The summed E-state index contributed by atoms with van der Waals surface area (Å²) in [5.41, 5.74) is 3.61. The third-order valence-electron chi connectivity index (χ3n) is 3.19. The number of anilines is 1. The highest BCUT2D eigenvalue weighted by molar-refractivity contribution is 5.87. The Bertz CT molecular complexity index is 714. The van der Waals surface area contributed by atoms with Gasteiger partial charge < -0.3 is 19.9 Å². The van der Waals surface area contributed by atoms with E-state index >= 15 is 0 Å². The van der Waals surface area contributed by atoms with E-state index in [-0.39, 0.29) is 18.2 Å². The fraction of sp³-hybridized carbons (Fsp3) is 0.176. The number of hydrogen-bond donors (Lipinski definition) is 3. The number of methoxy groups -OCH3 is 2. The number of nitrogens with one attached hydrogen (secondary N) is 2. The predicted molar refractivity (Wildman–Crippen MR) is 91.9 cm³/mol. The van der Waals surface area contributed by atoms with Gasteiger partial charge >= 0.3 is 0 Å². The number of aromatic hydroxyl groups is 1. The van der Waals surface area contributed by atoms with Crippen molar-refractivity contribution >= 4 is 17.8 Å². The van der Waals surface area contributed by atoms with Gasteiger partial charge in [-0.1, -0.05) is 6.07 Å². The van der Waals surface area contributed by atoms with Crippen molar-refractivity contribution in [1.29, 1.82) is 0 Å². The second kappa shape index (κ2) is 8.42. The van der Waals surface area contributed by atoms with Gasteiger partial charge in [0, 0.05) is 11.3 Å². The molecule has 0 spiro atoms. The maximum absolute atomic E-state index is 11.7. The van der Waals surface area contributed by atoms with E-state index in [1.807, 2.05) is 12.1 Å². The van der Waals surface area contributed by atoms with E-state index in [4.69, 9.17) is 9.47 Å². The van der Waals surface area contributed by atoms with Crippen LogP contribution in [0.3, 0.4) is 0 Å². The molecule has 0 aliphatic rings. The van der Waals surface area contributed by atoms with E-state index in [9.17, 15) is 9.90 Å². The number of para-hydroxylation sites is 1. The molecule has 0 bridgehead atoms. The zero-order chi connectivity index (χ0) is 17.4. The van der Waals surface area contributed by atoms with E-state index in [1.165, 1.54) is 13.3 Å². The number of nitrogens with zero attached hydrogens (tertiary/aromatic N) is 1. The van der Waals surface area contributed by atoms with Crippen molar-refractivity contribution < 1.29 is 19.4 Å². The standard InChI is InChI=1S/C17H19N3O4/c1-23-14-8-6-13(7-9-14)18-11-16(21)20-19-10-12-4-3-5-15(24-2)17(12)22/h3-10,18,22H,11H2,1-2H3,(H,20,21)/b19-10+. The maximum atomic E-state index is 11.7. The first-order chi connectivity index (χ1) is 11.6. The molecule has 0 aliphatic heterocycles. The smallest absolute Gasteiger partial charge is 0.259 e. The molecule has 126 valence electrons. The van der Waals surface area contributed by atoms with Crippen LogP contribution in [0.4, 0.5) is 5.69 Å². The molecule has 0 unspecified atom stereocenters. The van der Waals surface area contributed by atoms with Gasteiger partial charge in [-0.3, -0.25) is 4.79 Å². The van der Waals surface area contributed by atoms with Crippen molar-refractivity contribution in [2.24, 2.45) is 5.10 Å². The molecule has 1 amide bonds. The second-order valence-corrected chi connectivity index (χ2v) is 4.77. The molecule has 7 heteroatoms. The number of hydrogen-bond acceptors (Lipinski definition) is 6. The third kappa shape index (κ3) is 4.64. The quantitative estimate of drug-likeness (QED) is 0.533. The minimum Gasteiger partial charge on any atom is -0.504 e. The number of rotatable bonds is 7. The molecule has 0 saturated heterocycles. The van der Waals surface area contributed by atoms with E-state index in [0.717, 1.165) is 11.4 Å². The number of carbonyl (C=O) groups excluding carboxylic acids is 1. The first kappa shape index (κ1) is 17.1. The summed E-state index contributed by atoms with van der Waals surface area (Å²) >= 11 is 0. The highest BCUT2D eigenvalue weighted by Crippen LogP contribution is 2.27. The van der Waals surface area contributed by atoms with Crippen LogP contribution in [0.15, 0.2) is 47.6 Å². The van der Waals surface area contributed by atoms with Gasteiger partial charge in [-0.05, 0) is 36.4 Å². The van der Waals surface area contributed by atoms with E-state index in [1.54, 1.807) is 37.4 Å². The first-order valence-electron chi connectivity index (χ1n) is 7.20. The molecule has 2 aromatic rings. The fourth-order valence-electron chi connectivity index (χ4n) is 1.91. The van der Waals surface area contributed by atoms with Crippen molar-refractivity contribution in [2.75, 3.05) is 26.1 Å². The molecular formula is C17H19N3O4. The third-order valence-corrected chi connectivity index (χ3v) is 3.19. The average Bonchev–Trinajstić information content (AvgIpc) is 2.62. The summed E-state index contributed by atoms with van der Waals surface area (Å²) in [6, 6.07) is 12.2. The topological polar surface area (TPSA) is 92.2 Å². The zero-order valence-electron chi connectivity index (χ0n) is 13.4. The fourth-order valence-corrected chi connectivity index (χ4v) is 1.91. The Kier molecular flexibility index (Phi) is 6.01. The van der Waals surface area contributed by atoms with Gasteiger partial charge in [0.2, 0.25) is 0 Å². The lowest BCUT2D eigenvalue weighted by molar-refractivity contribution is -0.119. The van der Waals surface area contributed by atoms with Crippen LogP contribution in [0.1, 0.15) is 5.56 Å². The van der Waals surface area contributed by atoms with Crippen LogP contribution < -0.4 is 20.2 Å². The van der Waals surface area contributed by atoms with Gasteiger partial charge in [0.1, 0.15) is 5.75 Å². The molecule has 0 radical (unpaired) electrons. The van der Waals surface area contributed by atoms with Gasteiger partial charge in [0.15, 0.2) is 11.5 Å². The normalized spacial score (nSPS) is 10.4. The number of phenols is 1. The van der Waals surface area contributed by atoms with Crippen molar-refractivity contribution in [2.45, 2.75) is 0 Å². The molecule has 0 saturated carbocycles. The molecule has 0 heterocycles. The SMILES string of the molecule is COc1ccc(NCC(=O)N/N=C/c2cccc(OC)c2O)cc1. The van der Waals surface area contributed by atoms with Gasteiger partial charge in [0.25, 0.3) is 5.91 Å². The first-order valence-corrected chi connectivity index (χ1v) is 7.20. The molecule has 0 fully saturated rings. The van der Waals surface area contributed by atoms with E-state index in [0.29, 0.717) is 11.3 Å². The van der Waals surface area contributed by atoms with Crippen molar-refractivity contribution in [1.82, 2.24) is 5.43 Å². The monoisotopic (exact) mass is 329 g/mol. The molecule has 2 rings (SSSR count). The Hall–Kier alpha value is -3.22. The maximum Gasteiger partial charge on any atom is 0.259 e. The highest BCUT2D eigenvalue weighted by Gasteiger charge is 2.05. The summed E-state index contributed by atoms with van der Waals surface area (Å²) in [4.78, 5) is 11.7. The summed E-state index contributed by atoms with van der Waals surface area (Å²) in [5, 5.41) is 16.7. The Labute approximate surface area is 139 Å². The molecule has 0 aliphatic carbocycles.